The van der Waals surface area contributed by atoms with Crippen LogP contribution in [0.1, 0.15) is 12.8 Å². The van der Waals surface area contributed by atoms with Crippen LogP contribution in [-0.2, 0) is 9.47 Å². The summed E-state index contributed by atoms with van der Waals surface area (Å²) in [5.74, 6) is -0.592. The van der Waals surface area contributed by atoms with Gasteiger partial charge in [0.05, 0.1) is 17.7 Å². The molecule has 2 fully saturated rings. The van der Waals surface area contributed by atoms with Crippen LogP contribution >= 0.6 is 15.9 Å². The average molecular weight is 316 g/mol. The zero-order chi connectivity index (χ0) is 12.6. The summed E-state index contributed by atoms with van der Waals surface area (Å²) in [6, 6.07) is 5.25. The van der Waals surface area contributed by atoms with Crippen LogP contribution < -0.4 is 4.90 Å². The van der Waals surface area contributed by atoms with Crippen molar-refractivity contribution in [1.29, 1.82) is 0 Å². The molecule has 2 aliphatic rings. The molecule has 0 aromatic heterocycles. The minimum Gasteiger partial charge on any atom is -0.371 e. The molecule has 2 aliphatic heterocycles. The van der Waals surface area contributed by atoms with Gasteiger partial charge in [-0.2, -0.15) is 0 Å². The summed E-state index contributed by atoms with van der Waals surface area (Å²) in [7, 11) is 0. The fourth-order valence-electron chi connectivity index (χ4n) is 2.57. The Bertz CT molecular complexity index is 439. The minimum absolute atomic E-state index is 0.221. The molecule has 98 valence electrons. The Kier molecular flexibility index (Phi) is 3.30. The number of piperidine rings is 1. The topological polar surface area (TPSA) is 21.7 Å². The number of nitrogens with zero attached hydrogens (tertiary/aromatic N) is 1. The van der Waals surface area contributed by atoms with E-state index in [1.165, 1.54) is 0 Å². The second-order valence-electron chi connectivity index (χ2n) is 4.69. The van der Waals surface area contributed by atoms with Crippen molar-refractivity contribution >= 4 is 21.6 Å². The summed E-state index contributed by atoms with van der Waals surface area (Å²) < 4.78 is 25.4. The molecule has 0 bridgehead atoms. The van der Waals surface area contributed by atoms with E-state index in [4.69, 9.17) is 9.47 Å². The molecule has 2 heterocycles. The van der Waals surface area contributed by atoms with Crippen molar-refractivity contribution < 1.29 is 13.9 Å². The summed E-state index contributed by atoms with van der Waals surface area (Å²) in [4.78, 5) is 2.17. The first-order valence-electron chi connectivity index (χ1n) is 6.16. The van der Waals surface area contributed by atoms with E-state index >= 15 is 0 Å². The number of benzene rings is 1. The maximum atomic E-state index is 13.5. The molecule has 0 radical (unpaired) electrons. The highest BCUT2D eigenvalue weighted by Crippen LogP contribution is 2.33. The van der Waals surface area contributed by atoms with Gasteiger partial charge in [0.15, 0.2) is 5.79 Å². The van der Waals surface area contributed by atoms with Gasteiger partial charge in [0.2, 0.25) is 0 Å². The number of hydrogen-bond acceptors (Lipinski definition) is 3. The molecule has 3 nitrogen and oxygen atoms in total. The third-order valence-electron chi connectivity index (χ3n) is 3.61. The molecule has 0 unspecified atom stereocenters. The molecule has 1 spiro atoms. The van der Waals surface area contributed by atoms with Crippen molar-refractivity contribution in [2.24, 2.45) is 0 Å². The van der Waals surface area contributed by atoms with Crippen LogP contribution in [0.3, 0.4) is 0 Å². The van der Waals surface area contributed by atoms with Gasteiger partial charge in [-0.3, -0.25) is 0 Å². The van der Waals surface area contributed by atoms with Crippen LogP contribution in [0.2, 0.25) is 0 Å². The van der Waals surface area contributed by atoms with E-state index in [0.29, 0.717) is 17.7 Å². The Balaban J connectivity index is 1.70. The fraction of sp³-hybridized carbons (Fsp3) is 0.538. The molecule has 2 saturated heterocycles. The normalized spacial score (nSPS) is 22.7. The largest absolute Gasteiger partial charge is 0.371 e. The number of halogens is 2. The van der Waals surface area contributed by atoms with E-state index in [-0.39, 0.29) is 11.6 Å². The zero-order valence-electron chi connectivity index (χ0n) is 9.99. The highest BCUT2D eigenvalue weighted by atomic mass is 79.9. The molecular weight excluding hydrogens is 301 g/mol. The van der Waals surface area contributed by atoms with Crippen molar-refractivity contribution in [3.05, 3.63) is 28.5 Å². The van der Waals surface area contributed by atoms with Crippen molar-refractivity contribution in [2.45, 2.75) is 18.6 Å². The summed E-state index contributed by atoms with van der Waals surface area (Å²) in [6.45, 7) is 3.04. The van der Waals surface area contributed by atoms with Crippen LogP contribution in [0, 0.1) is 5.82 Å². The first-order valence-corrected chi connectivity index (χ1v) is 6.96. The molecule has 18 heavy (non-hydrogen) atoms. The molecule has 0 atom stereocenters. The predicted octanol–water partition coefficient (Wildman–Crippen LogP) is 2.93. The third kappa shape index (κ3) is 2.27. The Morgan fingerprint density at radius 1 is 1.17 bits per heavy atom. The second kappa shape index (κ2) is 4.79. The van der Waals surface area contributed by atoms with E-state index < -0.39 is 0 Å². The molecule has 0 amide bonds. The summed E-state index contributed by atoms with van der Waals surface area (Å²) in [6.07, 6.45) is 1.68. The van der Waals surface area contributed by atoms with Gasteiger partial charge in [0.1, 0.15) is 5.82 Å². The van der Waals surface area contributed by atoms with E-state index in [1.54, 1.807) is 12.1 Å². The van der Waals surface area contributed by atoms with Crippen LogP contribution in [0.5, 0.6) is 0 Å². The van der Waals surface area contributed by atoms with Gasteiger partial charge in [-0.25, -0.2) is 4.39 Å². The van der Waals surface area contributed by atoms with Gasteiger partial charge in [-0.1, -0.05) is 0 Å². The van der Waals surface area contributed by atoms with Crippen molar-refractivity contribution in [3.8, 4) is 0 Å². The zero-order valence-corrected chi connectivity index (χ0v) is 11.6. The minimum atomic E-state index is -0.371. The third-order valence-corrected chi connectivity index (χ3v) is 4.25. The molecular formula is C13H15BrFNO2. The van der Waals surface area contributed by atoms with Crippen LogP contribution in [0.15, 0.2) is 22.7 Å². The SMILES string of the molecule is Fc1cc(N2CCC3(CC2)OCCO3)ccc1Br. The summed E-state index contributed by atoms with van der Waals surface area (Å²) in [5, 5.41) is 0. The fourth-order valence-corrected chi connectivity index (χ4v) is 2.82. The Hall–Kier alpha value is -0.650. The molecule has 1 aromatic carbocycles. The smallest absolute Gasteiger partial charge is 0.171 e. The van der Waals surface area contributed by atoms with Gasteiger partial charge in [0.25, 0.3) is 0 Å². The van der Waals surface area contributed by atoms with Gasteiger partial charge < -0.3 is 14.4 Å². The van der Waals surface area contributed by atoms with E-state index in [9.17, 15) is 4.39 Å². The molecule has 0 N–H and O–H groups in total. The van der Waals surface area contributed by atoms with Crippen LogP contribution in [0.4, 0.5) is 10.1 Å². The van der Waals surface area contributed by atoms with Gasteiger partial charge in [-0.05, 0) is 34.1 Å². The van der Waals surface area contributed by atoms with Crippen molar-refractivity contribution in [1.82, 2.24) is 0 Å². The number of rotatable bonds is 1. The van der Waals surface area contributed by atoms with E-state index in [2.05, 4.69) is 20.8 Å². The average Bonchev–Trinajstić information content (AvgIpc) is 2.82. The first-order chi connectivity index (χ1) is 8.69. The maximum absolute atomic E-state index is 13.5. The number of ether oxygens (including phenoxy) is 2. The molecule has 0 saturated carbocycles. The van der Waals surface area contributed by atoms with Gasteiger partial charge >= 0.3 is 0 Å². The number of hydrogen-bond donors (Lipinski definition) is 0. The molecule has 1 aromatic rings. The van der Waals surface area contributed by atoms with Gasteiger partial charge in [0, 0.05) is 31.6 Å². The van der Waals surface area contributed by atoms with E-state index in [0.717, 1.165) is 31.6 Å². The first kappa shape index (κ1) is 12.4. The highest BCUT2D eigenvalue weighted by Gasteiger charge is 2.39. The number of anilines is 1. The summed E-state index contributed by atoms with van der Waals surface area (Å²) in [5.41, 5.74) is 0.920. The Morgan fingerprint density at radius 3 is 2.44 bits per heavy atom. The summed E-state index contributed by atoms with van der Waals surface area (Å²) >= 11 is 3.17. The maximum Gasteiger partial charge on any atom is 0.171 e. The Labute approximate surface area is 114 Å². The van der Waals surface area contributed by atoms with Crippen LogP contribution in [0.25, 0.3) is 0 Å². The van der Waals surface area contributed by atoms with Crippen molar-refractivity contribution in [3.63, 3.8) is 0 Å². The lowest BCUT2D eigenvalue weighted by Gasteiger charge is -2.38. The predicted molar refractivity (Wildman–Crippen MR) is 70.2 cm³/mol. The molecule has 0 aliphatic carbocycles. The van der Waals surface area contributed by atoms with E-state index in [1.807, 2.05) is 6.07 Å². The molecule has 5 heteroatoms. The lowest BCUT2D eigenvalue weighted by molar-refractivity contribution is -0.169. The highest BCUT2D eigenvalue weighted by molar-refractivity contribution is 9.10. The Morgan fingerprint density at radius 2 is 1.83 bits per heavy atom. The second-order valence-corrected chi connectivity index (χ2v) is 5.55. The lowest BCUT2D eigenvalue weighted by Crippen LogP contribution is -2.45. The van der Waals surface area contributed by atoms with Gasteiger partial charge in [-0.15, -0.1) is 0 Å². The molecule has 3 rings (SSSR count). The van der Waals surface area contributed by atoms with Crippen LogP contribution in [-0.4, -0.2) is 32.1 Å². The quantitative estimate of drug-likeness (QED) is 0.795. The monoisotopic (exact) mass is 315 g/mol. The standard InChI is InChI=1S/C13H15BrFNO2/c14-11-2-1-10(9-12(11)15)16-5-3-13(4-6-16)17-7-8-18-13/h1-2,9H,3-8H2. The lowest BCUT2D eigenvalue weighted by atomic mass is 10.0. The van der Waals surface area contributed by atoms with Crippen molar-refractivity contribution in [2.75, 3.05) is 31.2 Å².